The lowest BCUT2D eigenvalue weighted by Gasteiger charge is -2.50. The molecule has 212 valence electrons. The van der Waals surface area contributed by atoms with Crippen LogP contribution in [0.5, 0.6) is 11.5 Å². The van der Waals surface area contributed by atoms with Gasteiger partial charge in [0.1, 0.15) is 28.6 Å². The van der Waals surface area contributed by atoms with E-state index in [4.69, 9.17) is 10.5 Å². The van der Waals surface area contributed by atoms with Crippen LogP contribution in [0, 0.1) is 11.8 Å². The highest BCUT2D eigenvalue weighted by molar-refractivity contribution is 6.24. The van der Waals surface area contributed by atoms with Gasteiger partial charge in [-0.1, -0.05) is 13.8 Å². The number of hydrogen-bond donors (Lipinski definition) is 5. The van der Waals surface area contributed by atoms with Crippen molar-refractivity contribution in [3.05, 3.63) is 39.7 Å². The Morgan fingerprint density at radius 1 is 1.21 bits per heavy atom. The van der Waals surface area contributed by atoms with E-state index in [1.54, 1.807) is 14.1 Å². The zero-order chi connectivity index (χ0) is 29.0. The van der Waals surface area contributed by atoms with E-state index < -0.39 is 58.0 Å². The number of benzene rings is 1. The molecule has 0 spiro atoms. The average Bonchev–Trinajstić information content (AvgIpc) is 2.85. The number of Topliss-reactive ketones (excluding diaryl/α,β-unsaturated/α-hetero) is 2. The second-order valence-corrected chi connectivity index (χ2v) is 10.8. The maximum absolute atomic E-state index is 13.9. The van der Waals surface area contributed by atoms with Crippen molar-refractivity contribution >= 4 is 23.2 Å². The molecule has 3 aliphatic carbocycles. The van der Waals surface area contributed by atoms with Crippen LogP contribution in [-0.2, 0) is 27.3 Å². The topological polar surface area (TPSA) is 174 Å². The van der Waals surface area contributed by atoms with Crippen molar-refractivity contribution in [2.45, 2.75) is 51.3 Å². The minimum Gasteiger partial charge on any atom is -0.508 e. The quantitative estimate of drug-likeness (QED) is 0.300. The summed E-state index contributed by atoms with van der Waals surface area (Å²) >= 11 is 0. The molecule has 0 heterocycles. The Bertz CT molecular complexity index is 1300. The van der Waals surface area contributed by atoms with Crippen molar-refractivity contribution < 1.29 is 39.5 Å². The van der Waals surface area contributed by atoms with Crippen LogP contribution in [0.3, 0.4) is 0 Å². The van der Waals surface area contributed by atoms with Crippen LogP contribution in [0.25, 0.3) is 5.76 Å². The fourth-order valence-electron chi connectivity index (χ4n) is 6.63. The van der Waals surface area contributed by atoms with E-state index in [-0.39, 0.29) is 29.7 Å². The van der Waals surface area contributed by atoms with E-state index >= 15 is 0 Å². The van der Waals surface area contributed by atoms with Crippen LogP contribution in [0.15, 0.2) is 23.0 Å². The number of fused-ring (bicyclic) bond motifs is 3. The van der Waals surface area contributed by atoms with Gasteiger partial charge in [-0.15, -0.1) is 0 Å². The summed E-state index contributed by atoms with van der Waals surface area (Å²) in [6, 6.07) is 0.373. The lowest BCUT2D eigenvalue weighted by atomic mass is 9.57. The minimum atomic E-state index is -2.66. The summed E-state index contributed by atoms with van der Waals surface area (Å²) in [4.78, 5) is 42.9. The highest BCUT2D eigenvalue weighted by Crippen LogP contribution is 2.54. The van der Waals surface area contributed by atoms with Crippen molar-refractivity contribution in [1.82, 2.24) is 9.80 Å². The minimum absolute atomic E-state index is 0.0189. The molecule has 0 aromatic heterocycles. The smallest absolute Gasteiger partial charge is 0.255 e. The second-order valence-electron chi connectivity index (χ2n) is 10.8. The Labute approximate surface area is 227 Å². The fourth-order valence-corrected chi connectivity index (χ4v) is 6.63. The van der Waals surface area contributed by atoms with Crippen LogP contribution < -0.4 is 10.5 Å². The molecule has 4 rings (SSSR count). The number of likely N-dealkylation sites (N-methyl/N-ethyl adjacent to an activating group) is 1. The molecule has 0 bridgehead atoms. The first kappa shape index (κ1) is 28.6. The van der Waals surface area contributed by atoms with Crippen LogP contribution in [0.4, 0.5) is 0 Å². The number of nitrogens with two attached hydrogens (primary N) is 1. The number of phenolic OH excluding ortho intramolecular Hbond substituents is 1. The van der Waals surface area contributed by atoms with Gasteiger partial charge in [-0.3, -0.25) is 24.2 Å². The summed E-state index contributed by atoms with van der Waals surface area (Å²) in [5.74, 6) is -6.27. The Morgan fingerprint density at radius 2 is 1.87 bits per heavy atom. The van der Waals surface area contributed by atoms with Gasteiger partial charge in [0.15, 0.2) is 11.4 Å². The maximum atomic E-state index is 13.9. The number of ether oxygens (including phenoxy) is 1. The molecule has 6 N–H and O–H groups in total. The highest BCUT2D eigenvalue weighted by Gasteiger charge is 2.64. The SMILES string of the molecule is CCCN(CC)Cc1cc(O)c2c(c1OC)C[C@H]1C[C@H]3[C@H](N(C)C)C(=O)C(C(N)=O)=C(O)[C@@]3(O)C(=O)C1=C2O. The molecule has 1 fully saturated rings. The van der Waals surface area contributed by atoms with Crippen LogP contribution in [-0.4, -0.2) is 93.6 Å². The second kappa shape index (κ2) is 10.3. The number of phenols is 1. The van der Waals surface area contributed by atoms with Crippen LogP contribution in [0.2, 0.25) is 0 Å². The molecule has 1 saturated carbocycles. The number of hydrogen-bond acceptors (Lipinski definition) is 10. The number of carbonyl (C=O) groups is 3. The van der Waals surface area contributed by atoms with Gasteiger partial charge in [-0.2, -0.15) is 0 Å². The molecule has 11 heteroatoms. The standard InChI is InChI=1S/C28H37N3O8/c1-6-8-31(7-2)12-14-11-17(32)19-15(24(14)39-5)9-13-10-16-21(30(3)4)23(34)20(27(29)37)26(36)28(16,38)25(35)18(13)22(19)33/h11,13,16,21,32-33,36,38H,6-10,12H2,1-5H3,(H2,29,37)/t13-,16-,21-,28-/m0/s1. The number of aliphatic hydroxyl groups is 3. The number of aliphatic hydroxyl groups excluding tert-OH is 2. The fraction of sp³-hybridized carbons (Fsp3) is 0.536. The van der Waals surface area contributed by atoms with Gasteiger partial charge in [0, 0.05) is 29.2 Å². The number of rotatable bonds is 8. The van der Waals surface area contributed by atoms with Gasteiger partial charge < -0.3 is 30.9 Å². The molecule has 1 amide bonds. The van der Waals surface area contributed by atoms with Crippen molar-refractivity contribution in [1.29, 1.82) is 0 Å². The summed E-state index contributed by atoms with van der Waals surface area (Å²) in [7, 11) is 4.64. The predicted octanol–water partition coefficient (Wildman–Crippen LogP) is 1.20. The lowest BCUT2D eigenvalue weighted by Crippen LogP contribution is -2.65. The third-order valence-corrected chi connectivity index (χ3v) is 8.33. The molecule has 4 atom stereocenters. The van der Waals surface area contributed by atoms with E-state index in [1.807, 2.05) is 6.92 Å². The van der Waals surface area contributed by atoms with E-state index in [0.717, 1.165) is 25.1 Å². The number of nitrogens with zero attached hydrogens (tertiary/aromatic N) is 2. The third-order valence-electron chi connectivity index (χ3n) is 8.33. The van der Waals surface area contributed by atoms with Crippen LogP contribution >= 0.6 is 0 Å². The Hall–Kier alpha value is -3.41. The predicted molar refractivity (Wildman–Crippen MR) is 142 cm³/mol. The number of ketones is 2. The molecule has 11 nitrogen and oxygen atoms in total. The van der Waals surface area contributed by atoms with Crippen molar-refractivity contribution in [2.24, 2.45) is 17.6 Å². The Kier molecular flexibility index (Phi) is 7.54. The lowest BCUT2D eigenvalue weighted by molar-refractivity contribution is -0.153. The van der Waals surface area contributed by atoms with E-state index in [2.05, 4.69) is 11.8 Å². The molecule has 0 unspecified atom stereocenters. The Morgan fingerprint density at radius 3 is 2.41 bits per heavy atom. The molecule has 0 saturated heterocycles. The van der Waals surface area contributed by atoms with E-state index in [1.165, 1.54) is 18.1 Å². The number of aromatic hydroxyl groups is 1. The first-order chi connectivity index (χ1) is 18.3. The van der Waals surface area contributed by atoms with Crippen molar-refractivity contribution in [3.8, 4) is 11.5 Å². The normalized spacial score (nSPS) is 26.6. The first-order valence-electron chi connectivity index (χ1n) is 13.1. The summed E-state index contributed by atoms with van der Waals surface area (Å²) in [5, 5.41) is 45.0. The van der Waals surface area contributed by atoms with E-state index in [9.17, 15) is 34.8 Å². The van der Waals surface area contributed by atoms with Crippen molar-refractivity contribution in [2.75, 3.05) is 34.3 Å². The monoisotopic (exact) mass is 543 g/mol. The van der Waals surface area contributed by atoms with Gasteiger partial charge in [-0.25, -0.2) is 0 Å². The van der Waals surface area contributed by atoms with Gasteiger partial charge in [0.2, 0.25) is 5.78 Å². The summed E-state index contributed by atoms with van der Waals surface area (Å²) in [6.45, 7) is 6.24. The van der Waals surface area contributed by atoms with Gasteiger partial charge in [0.25, 0.3) is 5.91 Å². The molecule has 1 aromatic rings. The zero-order valence-corrected chi connectivity index (χ0v) is 22.9. The molecular formula is C28H37N3O8. The first-order valence-corrected chi connectivity index (χ1v) is 13.1. The Balaban J connectivity index is 1.91. The van der Waals surface area contributed by atoms with Crippen molar-refractivity contribution in [3.63, 3.8) is 0 Å². The highest BCUT2D eigenvalue weighted by atomic mass is 16.5. The van der Waals surface area contributed by atoms with Gasteiger partial charge in [-0.05, 0) is 58.4 Å². The van der Waals surface area contributed by atoms with Gasteiger partial charge >= 0.3 is 0 Å². The van der Waals surface area contributed by atoms with Gasteiger partial charge in [0.05, 0.1) is 18.7 Å². The summed E-state index contributed by atoms with van der Waals surface area (Å²) < 4.78 is 5.77. The maximum Gasteiger partial charge on any atom is 0.255 e. The summed E-state index contributed by atoms with van der Waals surface area (Å²) in [5.41, 5.74) is 2.94. The average molecular weight is 544 g/mol. The zero-order valence-electron chi connectivity index (χ0n) is 22.9. The number of amides is 1. The molecule has 0 radical (unpaired) electrons. The molecule has 3 aliphatic rings. The van der Waals surface area contributed by atoms with E-state index in [0.29, 0.717) is 17.9 Å². The molecular weight excluding hydrogens is 506 g/mol. The van der Waals surface area contributed by atoms with Crippen LogP contribution in [0.1, 0.15) is 43.4 Å². The third kappa shape index (κ3) is 4.19. The molecule has 1 aromatic carbocycles. The summed E-state index contributed by atoms with van der Waals surface area (Å²) in [6.07, 6.45) is 1.15. The molecule has 0 aliphatic heterocycles. The number of methoxy groups -OCH3 is 1. The number of carbonyl (C=O) groups excluding carboxylic acids is 3. The largest absolute Gasteiger partial charge is 0.508 e. The molecule has 39 heavy (non-hydrogen) atoms. The number of primary amides is 1.